The fourth-order valence-electron chi connectivity index (χ4n) is 2.27. The highest BCUT2D eigenvalue weighted by Crippen LogP contribution is 2.27. The highest BCUT2D eigenvalue weighted by molar-refractivity contribution is 7.13. The Balaban J connectivity index is 1.84. The molecule has 8 heteroatoms. The van der Waals surface area contributed by atoms with Crippen molar-refractivity contribution in [2.24, 2.45) is 0 Å². The fraction of sp³-hybridized carbons (Fsp3) is 0.176. The molecule has 0 aliphatic heterocycles. The molecule has 7 nitrogen and oxygen atoms in total. The lowest BCUT2D eigenvalue weighted by molar-refractivity contribution is -0.117. The summed E-state index contributed by atoms with van der Waals surface area (Å²) in [6.07, 6.45) is 0. The summed E-state index contributed by atoms with van der Waals surface area (Å²) in [7, 11) is 1.57. The summed E-state index contributed by atoms with van der Waals surface area (Å²) in [5, 5.41) is 9.28. The van der Waals surface area contributed by atoms with Crippen LogP contribution in [-0.2, 0) is 11.3 Å². The van der Waals surface area contributed by atoms with Crippen LogP contribution in [0.4, 0.5) is 5.13 Å². The molecule has 0 unspecified atom stereocenters. The molecule has 0 saturated heterocycles. The van der Waals surface area contributed by atoms with Gasteiger partial charge in [-0.2, -0.15) is 5.10 Å². The van der Waals surface area contributed by atoms with Gasteiger partial charge < -0.3 is 10.1 Å². The first kappa shape index (κ1) is 16.8. The summed E-state index contributed by atoms with van der Waals surface area (Å²) in [5.74, 6) is 0.282. The number of aromatic nitrogens is 3. The quantitative estimate of drug-likeness (QED) is 0.758. The molecule has 3 rings (SSSR count). The number of para-hydroxylation sites is 1. The number of carbonyl (C=O) groups is 1. The zero-order chi connectivity index (χ0) is 17.8. The standard InChI is InChI=1S/C17H16N4O3S/c1-11-10-25-17(18-11)19-15(22)9-21-16(23)8-7-13(20-21)12-5-3-4-6-14(12)24-2/h3-8,10H,9H2,1-2H3,(H,18,19,22). The molecule has 25 heavy (non-hydrogen) atoms. The van der Waals surface area contributed by atoms with Crippen LogP contribution in [0.15, 0.2) is 46.6 Å². The number of ether oxygens (including phenoxy) is 1. The van der Waals surface area contributed by atoms with Crippen LogP contribution in [0, 0.1) is 6.92 Å². The number of aryl methyl sites for hydroxylation is 1. The lowest BCUT2D eigenvalue weighted by Crippen LogP contribution is -2.29. The fourth-order valence-corrected chi connectivity index (χ4v) is 2.97. The predicted molar refractivity (Wildman–Crippen MR) is 96.0 cm³/mol. The van der Waals surface area contributed by atoms with E-state index in [0.29, 0.717) is 16.6 Å². The van der Waals surface area contributed by atoms with Gasteiger partial charge in [-0.05, 0) is 25.1 Å². The Morgan fingerprint density at radius 2 is 2.08 bits per heavy atom. The lowest BCUT2D eigenvalue weighted by atomic mass is 10.1. The van der Waals surface area contributed by atoms with Gasteiger partial charge in [-0.25, -0.2) is 9.67 Å². The molecule has 0 fully saturated rings. The van der Waals surface area contributed by atoms with Crippen molar-refractivity contribution in [2.75, 3.05) is 12.4 Å². The Morgan fingerprint density at radius 1 is 1.28 bits per heavy atom. The van der Waals surface area contributed by atoms with E-state index in [2.05, 4.69) is 15.4 Å². The molecule has 0 atom stereocenters. The topological polar surface area (TPSA) is 86.1 Å². The Bertz CT molecular complexity index is 964. The van der Waals surface area contributed by atoms with Crippen molar-refractivity contribution < 1.29 is 9.53 Å². The molecule has 0 radical (unpaired) electrons. The first-order chi connectivity index (χ1) is 12.1. The smallest absolute Gasteiger partial charge is 0.267 e. The molecule has 2 aromatic heterocycles. The van der Waals surface area contributed by atoms with Crippen LogP contribution in [0.3, 0.4) is 0 Å². The second kappa shape index (κ2) is 7.27. The number of thiazole rings is 1. The third kappa shape index (κ3) is 3.92. The second-order valence-corrected chi connectivity index (χ2v) is 6.12. The zero-order valence-electron chi connectivity index (χ0n) is 13.7. The maximum absolute atomic E-state index is 12.1. The molecule has 1 aromatic carbocycles. The van der Waals surface area contributed by atoms with Crippen molar-refractivity contribution >= 4 is 22.4 Å². The van der Waals surface area contributed by atoms with Crippen LogP contribution in [0.2, 0.25) is 0 Å². The summed E-state index contributed by atoms with van der Waals surface area (Å²) in [5.41, 5.74) is 1.77. The third-order valence-corrected chi connectivity index (χ3v) is 4.28. The highest BCUT2D eigenvalue weighted by atomic mass is 32.1. The number of anilines is 1. The number of hydrogen-bond donors (Lipinski definition) is 1. The molecular weight excluding hydrogens is 340 g/mol. The van der Waals surface area contributed by atoms with Crippen LogP contribution in [0.5, 0.6) is 5.75 Å². The van der Waals surface area contributed by atoms with Crippen LogP contribution >= 0.6 is 11.3 Å². The van der Waals surface area contributed by atoms with Gasteiger partial charge in [0.2, 0.25) is 5.91 Å². The third-order valence-electron chi connectivity index (χ3n) is 3.41. The molecule has 2 heterocycles. The molecule has 1 amide bonds. The van der Waals surface area contributed by atoms with E-state index in [1.165, 1.54) is 17.4 Å². The normalized spacial score (nSPS) is 10.5. The Morgan fingerprint density at radius 3 is 2.80 bits per heavy atom. The number of benzene rings is 1. The number of carbonyl (C=O) groups excluding carboxylic acids is 1. The Kier molecular flexibility index (Phi) is 4.90. The van der Waals surface area contributed by atoms with Crippen molar-refractivity contribution in [1.82, 2.24) is 14.8 Å². The average Bonchev–Trinajstić information content (AvgIpc) is 3.01. The van der Waals surface area contributed by atoms with Gasteiger partial charge in [0.25, 0.3) is 5.56 Å². The number of hydrogen-bond acceptors (Lipinski definition) is 6. The van der Waals surface area contributed by atoms with Crippen molar-refractivity contribution in [3.05, 3.63) is 57.8 Å². The first-order valence-corrected chi connectivity index (χ1v) is 8.38. The number of nitrogens with zero attached hydrogens (tertiary/aromatic N) is 3. The van der Waals surface area contributed by atoms with Crippen molar-refractivity contribution in [1.29, 1.82) is 0 Å². The monoisotopic (exact) mass is 356 g/mol. The van der Waals surface area contributed by atoms with E-state index < -0.39 is 0 Å². The van der Waals surface area contributed by atoms with Gasteiger partial charge in [0.15, 0.2) is 5.13 Å². The summed E-state index contributed by atoms with van der Waals surface area (Å²) in [4.78, 5) is 28.3. The molecule has 3 aromatic rings. The minimum absolute atomic E-state index is 0.194. The summed E-state index contributed by atoms with van der Waals surface area (Å²) in [6, 6.07) is 10.3. The van der Waals surface area contributed by atoms with Crippen LogP contribution in [0.1, 0.15) is 5.69 Å². The molecular formula is C17H16N4O3S. The summed E-state index contributed by atoms with van der Waals surface area (Å²) in [6.45, 7) is 1.65. The predicted octanol–water partition coefficient (Wildman–Crippen LogP) is 2.32. The van der Waals surface area contributed by atoms with E-state index in [0.717, 1.165) is 15.9 Å². The number of nitrogens with one attached hydrogen (secondary N) is 1. The second-order valence-electron chi connectivity index (χ2n) is 5.26. The van der Waals surface area contributed by atoms with E-state index >= 15 is 0 Å². The van der Waals surface area contributed by atoms with Gasteiger partial charge in [-0.15, -0.1) is 11.3 Å². The molecule has 0 aliphatic carbocycles. The summed E-state index contributed by atoms with van der Waals surface area (Å²) >= 11 is 1.33. The van der Waals surface area contributed by atoms with E-state index in [1.807, 2.05) is 36.6 Å². The number of amides is 1. The molecule has 0 spiro atoms. The van der Waals surface area contributed by atoms with E-state index in [-0.39, 0.29) is 18.0 Å². The maximum Gasteiger partial charge on any atom is 0.267 e. The van der Waals surface area contributed by atoms with Gasteiger partial charge in [0, 0.05) is 17.0 Å². The molecule has 0 saturated carbocycles. The molecule has 1 N–H and O–H groups in total. The average molecular weight is 356 g/mol. The van der Waals surface area contributed by atoms with E-state index in [9.17, 15) is 9.59 Å². The lowest BCUT2D eigenvalue weighted by Gasteiger charge is -2.10. The Hall–Kier alpha value is -3.00. The van der Waals surface area contributed by atoms with Gasteiger partial charge in [-0.1, -0.05) is 12.1 Å². The molecule has 0 bridgehead atoms. The van der Waals surface area contributed by atoms with E-state index in [4.69, 9.17) is 4.74 Å². The van der Waals surface area contributed by atoms with Gasteiger partial charge in [0.1, 0.15) is 12.3 Å². The molecule has 0 aliphatic rings. The van der Waals surface area contributed by atoms with Gasteiger partial charge in [-0.3, -0.25) is 9.59 Å². The van der Waals surface area contributed by atoms with E-state index in [1.54, 1.807) is 13.2 Å². The first-order valence-electron chi connectivity index (χ1n) is 7.50. The van der Waals surface area contributed by atoms with Gasteiger partial charge in [0.05, 0.1) is 18.5 Å². The largest absolute Gasteiger partial charge is 0.496 e. The van der Waals surface area contributed by atoms with Gasteiger partial charge >= 0.3 is 0 Å². The zero-order valence-corrected chi connectivity index (χ0v) is 14.5. The van der Waals surface area contributed by atoms with Crippen molar-refractivity contribution in [3.8, 4) is 17.0 Å². The van der Waals surface area contributed by atoms with Crippen molar-refractivity contribution in [3.63, 3.8) is 0 Å². The number of methoxy groups -OCH3 is 1. The summed E-state index contributed by atoms with van der Waals surface area (Å²) < 4.78 is 6.44. The minimum atomic E-state index is -0.360. The SMILES string of the molecule is COc1ccccc1-c1ccc(=O)n(CC(=O)Nc2nc(C)cs2)n1. The van der Waals surface area contributed by atoms with Crippen molar-refractivity contribution in [2.45, 2.75) is 13.5 Å². The Labute approximate surface area is 147 Å². The van der Waals surface area contributed by atoms with Crippen LogP contribution in [-0.4, -0.2) is 27.8 Å². The molecule has 128 valence electrons. The maximum atomic E-state index is 12.1. The van der Waals surface area contributed by atoms with Crippen LogP contribution < -0.4 is 15.6 Å². The minimum Gasteiger partial charge on any atom is -0.496 e. The highest BCUT2D eigenvalue weighted by Gasteiger charge is 2.12. The number of rotatable bonds is 5. The van der Waals surface area contributed by atoms with Crippen LogP contribution in [0.25, 0.3) is 11.3 Å².